The van der Waals surface area contributed by atoms with E-state index in [1.165, 1.54) is 12.8 Å². The van der Waals surface area contributed by atoms with Crippen LogP contribution in [0.3, 0.4) is 0 Å². The Labute approximate surface area is 166 Å². The molecule has 0 radical (unpaired) electrons. The molecular weight excluding hydrogens is 354 g/mol. The number of hydrogen-bond acceptors (Lipinski definition) is 3. The molecule has 0 aliphatic heterocycles. The van der Waals surface area contributed by atoms with Gasteiger partial charge >= 0.3 is 5.97 Å². The Morgan fingerprint density at radius 1 is 1.33 bits per heavy atom. The Morgan fingerprint density at radius 3 is 2.63 bits per heavy atom. The number of allylic oxidation sites excluding steroid dienone is 1. The van der Waals surface area contributed by atoms with E-state index >= 15 is 0 Å². The van der Waals surface area contributed by atoms with Gasteiger partial charge in [0.15, 0.2) is 9.04 Å². The quantitative estimate of drug-likeness (QED) is 0.375. The van der Waals surface area contributed by atoms with Gasteiger partial charge in [0.05, 0.1) is 0 Å². The Hall–Kier alpha value is -1.46. The molecule has 152 valence electrons. The fraction of sp³-hybridized carbons (Fsp3) is 0.636. The number of carboxylic acids is 1. The molecule has 0 saturated carbocycles. The molecule has 4 nitrogen and oxygen atoms in total. The van der Waals surface area contributed by atoms with Gasteiger partial charge in [-0.1, -0.05) is 58.3 Å². The highest BCUT2D eigenvalue weighted by molar-refractivity contribution is 6.48. The average molecular weight is 392 g/mol. The standard InChI is InChI=1S/C22H37NO3Si/c1-22(2,3)14-7-6-10-18(16-20(21(24)25)26-27(4)5)11-8-12-19-13-9-15-23-17-19/h8-9,12-13,15,17-18,20,27H,6-7,10-11,14,16H2,1-5H3,(H,24,25)/t18?,20-/m0/s1. The third-order valence-electron chi connectivity index (χ3n) is 4.51. The molecule has 0 aromatic carbocycles. The van der Waals surface area contributed by atoms with Crippen LogP contribution >= 0.6 is 0 Å². The van der Waals surface area contributed by atoms with Crippen LogP contribution in [-0.2, 0) is 9.22 Å². The molecular formula is C22H37NO3Si. The fourth-order valence-electron chi connectivity index (χ4n) is 3.14. The summed E-state index contributed by atoms with van der Waals surface area (Å²) in [4.78, 5) is 15.7. The van der Waals surface area contributed by atoms with Crippen LogP contribution in [0.15, 0.2) is 30.6 Å². The van der Waals surface area contributed by atoms with Crippen molar-refractivity contribution in [3.05, 3.63) is 36.2 Å². The predicted molar refractivity (Wildman–Crippen MR) is 115 cm³/mol. The molecule has 2 atom stereocenters. The van der Waals surface area contributed by atoms with Crippen molar-refractivity contribution in [3.8, 4) is 0 Å². The summed E-state index contributed by atoms with van der Waals surface area (Å²) < 4.78 is 5.77. The number of nitrogens with zero attached hydrogens (tertiary/aromatic N) is 1. The minimum atomic E-state index is -1.38. The van der Waals surface area contributed by atoms with Crippen molar-refractivity contribution in [2.45, 2.75) is 78.5 Å². The van der Waals surface area contributed by atoms with Crippen molar-refractivity contribution in [3.63, 3.8) is 0 Å². The second kappa shape index (κ2) is 12.1. The third kappa shape index (κ3) is 11.8. The van der Waals surface area contributed by atoms with E-state index < -0.39 is 21.1 Å². The van der Waals surface area contributed by atoms with Gasteiger partial charge in [0.1, 0.15) is 6.10 Å². The maximum atomic E-state index is 11.6. The summed E-state index contributed by atoms with van der Waals surface area (Å²) in [7, 11) is -1.38. The molecule has 0 spiro atoms. The van der Waals surface area contributed by atoms with E-state index in [1.807, 2.05) is 31.4 Å². The van der Waals surface area contributed by atoms with E-state index in [9.17, 15) is 9.90 Å². The highest BCUT2D eigenvalue weighted by Crippen LogP contribution is 2.26. The molecule has 0 saturated heterocycles. The Bertz CT molecular complexity index is 567. The zero-order chi connectivity index (χ0) is 20.3. The van der Waals surface area contributed by atoms with Crippen LogP contribution in [0.25, 0.3) is 6.08 Å². The molecule has 0 aliphatic carbocycles. The summed E-state index contributed by atoms with van der Waals surface area (Å²) in [6, 6.07) is 3.95. The summed E-state index contributed by atoms with van der Waals surface area (Å²) >= 11 is 0. The van der Waals surface area contributed by atoms with Crippen LogP contribution in [0.4, 0.5) is 0 Å². The van der Waals surface area contributed by atoms with Gasteiger partial charge in [-0.2, -0.15) is 0 Å². The Kier molecular flexibility index (Phi) is 10.6. The van der Waals surface area contributed by atoms with Gasteiger partial charge in [-0.05, 0) is 55.3 Å². The van der Waals surface area contributed by atoms with E-state index in [1.54, 1.807) is 6.20 Å². The molecule has 1 rings (SSSR count). The van der Waals surface area contributed by atoms with Crippen molar-refractivity contribution < 1.29 is 14.3 Å². The van der Waals surface area contributed by atoms with Gasteiger partial charge in [-0.25, -0.2) is 4.79 Å². The average Bonchev–Trinajstić information content (AvgIpc) is 2.57. The molecule has 1 N–H and O–H groups in total. The normalized spacial score (nSPS) is 14.6. The highest BCUT2D eigenvalue weighted by atomic mass is 28.3. The largest absolute Gasteiger partial charge is 0.479 e. The molecule has 27 heavy (non-hydrogen) atoms. The lowest BCUT2D eigenvalue weighted by Gasteiger charge is -2.23. The second-order valence-electron chi connectivity index (χ2n) is 8.84. The van der Waals surface area contributed by atoms with Crippen LogP contribution in [-0.4, -0.2) is 31.2 Å². The van der Waals surface area contributed by atoms with Crippen molar-refractivity contribution in [2.24, 2.45) is 11.3 Å². The van der Waals surface area contributed by atoms with Crippen LogP contribution in [0.1, 0.15) is 64.9 Å². The zero-order valence-corrected chi connectivity index (χ0v) is 18.8. The van der Waals surface area contributed by atoms with Crippen LogP contribution in [0.2, 0.25) is 13.1 Å². The fourth-order valence-corrected chi connectivity index (χ4v) is 4.02. The number of rotatable bonds is 12. The van der Waals surface area contributed by atoms with Gasteiger partial charge in [0.2, 0.25) is 0 Å². The molecule has 5 heteroatoms. The lowest BCUT2D eigenvalue weighted by Crippen LogP contribution is -2.31. The van der Waals surface area contributed by atoms with Crippen LogP contribution in [0, 0.1) is 11.3 Å². The number of aromatic nitrogens is 1. The summed E-state index contributed by atoms with van der Waals surface area (Å²) in [6.07, 6.45) is 13.2. The van der Waals surface area contributed by atoms with Gasteiger partial charge in [0.25, 0.3) is 0 Å². The van der Waals surface area contributed by atoms with Gasteiger partial charge < -0.3 is 9.53 Å². The monoisotopic (exact) mass is 391 g/mol. The maximum absolute atomic E-state index is 11.6. The lowest BCUT2D eigenvalue weighted by atomic mass is 9.87. The maximum Gasteiger partial charge on any atom is 0.331 e. The van der Waals surface area contributed by atoms with Crippen molar-refractivity contribution in [1.29, 1.82) is 0 Å². The number of hydrogen-bond donors (Lipinski definition) is 1. The summed E-state index contributed by atoms with van der Waals surface area (Å²) in [6.45, 7) is 10.8. The highest BCUT2D eigenvalue weighted by Gasteiger charge is 2.24. The molecule has 0 bridgehead atoms. The predicted octanol–water partition coefficient (Wildman–Crippen LogP) is 5.55. The van der Waals surface area contributed by atoms with Crippen molar-refractivity contribution >= 4 is 21.1 Å². The summed E-state index contributed by atoms with van der Waals surface area (Å²) in [5, 5.41) is 9.52. The zero-order valence-electron chi connectivity index (χ0n) is 17.6. The molecule has 0 amide bonds. The number of pyridine rings is 1. The first-order chi connectivity index (χ1) is 12.7. The lowest BCUT2D eigenvalue weighted by molar-refractivity contribution is -0.146. The number of carbonyl (C=O) groups is 1. The van der Waals surface area contributed by atoms with Crippen LogP contribution < -0.4 is 0 Å². The minimum absolute atomic E-state index is 0.326. The van der Waals surface area contributed by atoms with Crippen molar-refractivity contribution in [2.75, 3.05) is 0 Å². The molecule has 1 heterocycles. The number of unbranched alkanes of at least 4 members (excludes halogenated alkanes) is 1. The van der Waals surface area contributed by atoms with Gasteiger partial charge in [0, 0.05) is 12.4 Å². The molecule has 1 aromatic heterocycles. The first kappa shape index (κ1) is 23.6. The molecule has 0 fully saturated rings. The molecule has 0 aliphatic rings. The third-order valence-corrected chi connectivity index (χ3v) is 5.39. The smallest absolute Gasteiger partial charge is 0.331 e. The minimum Gasteiger partial charge on any atom is -0.479 e. The molecule has 1 aromatic rings. The van der Waals surface area contributed by atoms with E-state index in [0.717, 1.165) is 24.8 Å². The first-order valence-corrected chi connectivity index (χ1v) is 12.9. The number of aliphatic carboxylic acids is 1. The van der Waals surface area contributed by atoms with Crippen molar-refractivity contribution in [1.82, 2.24) is 4.98 Å². The molecule has 1 unspecified atom stereocenters. The van der Waals surface area contributed by atoms with E-state index in [0.29, 0.717) is 17.8 Å². The van der Waals surface area contributed by atoms with Crippen LogP contribution in [0.5, 0.6) is 0 Å². The van der Waals surface area contributed by atoms with E-state index in [2.05, 4.69) is 37.9 Å². The number of carboxylic acid groups (broad SMARTS) is 1. The van der Waals surface area contributed by atoms with Gasteiger partial charge in [-0.15, -0.1) is 0 Å². The van der Waals surface area contributed by atoms with Gasteiger partial charge in [-0.3, -0.25) is 4.98 Å². The first-order valence-electron chi connectivity index (χ1n) is 10.1. The Morgan fingerprint density at radius 2 is 2.07 bits per heavy atom. The second-order valence-corrected chi connectivity index (χ2v) is 11.2. The summed E-state index contributed by atoms with van der Waals surface area (Å²) in [5.74, 6) is -0.501. The SMILES string of the molecule is C[SiH](C)O[C@@H](CC(CC=Cc1cccnc1)CCCCC(C)(C)C)C(=O)O. The Balaban J connectivity index is 2.66. The topological polar surface area (TPSA) is 59.4 Å². The van der Waals surface area contributed by atoms with E-state index in [-0.39, 0.29) is 0 Å². The van der Waals surface area contributed by atoms with E-state index in [4.69, 9.17) is 4.43 Å². The summed E-state index contributed by atoms with van der Waals surface area (Å²) in [5.41, 5.74) is 1.43.